The lowest BCUT2D eigenvalue weighted by Gasteiger charge is -2.33. The molecular weight excluding hydrogens is 290 g/mol. The summed E-state index contributed by atoms with van der Waals surface area (Å²) in [5.41, 5.74) is 0. The fourth-order valence-corrected chi connectivity index (χ4v) is 9.29. The summed E-state index contributed by atoms with van der Waals surface area (Å²) in [6.45, 7) is 0.989. The summed E-state index contributed by atoms with van der Waals surface area (Å²) in [6, 6.07) is 1.00. The molecule has 0 atom stereocenters. The van der Waals surface area contributed by atoms with Crippen LogP contribution in [0.4, 0.5) is 0 Å². The van der Waals surface area contributed by atoms with E-state index in [1.54, 1.807) is 46.8 Å². The number of nitrogens with zero attached hydrogens (tertiary/aromatic N) is 1. The summed E-state index contributed by atoms with van der Waals surface area (Å²) < 4.78 is 29.8. The highest BCUT2D eigenvalue weighted by Gasteiger charge is 2.49. The number of hydrogen-bond acceptors (Lipinski definition) is 7. The van der Waals surface area contributed by atoms with E-state index >= 15 is 0 Å². The van der Waals surface area contributed by atoms with Gasteiger partial charge in [-0.15, -0.1) is 0 Å². The zero-order valence-electron chi connectivity index (χ0n) is 11.7. The van der Waals surface area contributed by atoms with Gasteiger partial charge in [0.15, 0.2) is 0 Å². The molecule has 108 valence electrons. The summed E-state index contributed by atoms with van der Waals surface area (Å²) in [5, 5.41) is 0. The maximum atomic E-state index is 5.65. The van der Waals surface area contributed by atoms with Crippen molar-refractivity contribution in [3.05, 3.63) is 0 Å². The molecule has 18 heavy (non-hydrogen) atoms. The van der Waals surface area contributed by atoms with Gasteiger partial charge in [-0.25, -0.2) is 0 Å². The molecule has 0 saturated carbocycles. The minimum atomic E-state index is -2.59. The maximum absolute atomic E-state index is 5.65. The predicted octanol–water partition coefficient (Wildman–Crippen LogP) is 0.989. The van der Waals surface area contributed by atoms with E-state index in [-0.39, 0.29) is 0 Å². The van der Waals surface area contributed by atoms with E-state index in [2.05, 4.69) is 4.57 Å². The molecule has 0 unspecified atom stereocenters. The molecule has 1 aliphatic rings. The van der Waals surface area contributed by atoms with Gasteiger partial charge in [0.2, 0.25) is 0 Å². The lowest BCUT2D eigenvalue weighted by atomic mass is 10.5. The number of hydrogen-bond donors (Lipinski definition) is 0. The molecule has 0 aromatic rings. The van der Waals surface area contributed by atoms with Gasteiger partial charge in [-0.2, -0.15) is 0 Å². The van der Waals surface area contributed by atoms with Gasteiger partial charge in [0.25, 0.3) is 0 Å². The summed E-state index contributed by atoms with van der Waals surface area (Å²) >= 11 is 1.57. The second-order valence-corrected chi connectivity index (χ2v) is 12.4. The van der Waals surface area contributed by atoms with Gasteiger partial charge in [-0.1, -0.05) is 11.2 Å². The summed E-state index contributed by atoms with van der Waals surface area (Å²) in [6.07, 6.45) is 1.11. The Labute approximate surface area is 115 Å². The van der Waals surface area contributed by atoms with Gasteiger partial charge in [0.1, 0.15) is 0 Å². The second kappa shape index (κ2) is 7.36. The molecule has 0 aromatic heterocycles. The summed E-state index contributed by atoms with van der Waals surface area (Å²) in [7, 11) is 3.55. The van der Waals surface area contributed by atoms with E-state index in [0.717, 1.165) is 24.9 Å². The van der Waals surface area contributed by atoms with Crippen LogP contribution in [0.5, 0.6) is 0 Å². The minimum absolute atomic E-state index is 0.746. The summed E-state index contributed by atoms with van der Waals surface area (Å²) in [4.78, 5) is 0. The van der Waals surface area contributed by atoms with Gasteiger partial charge in [0.05, 0.1) is 0 Å². The first-order valence-electron chi connectivity index (χ1n) is 5.76. The van der Waals surface area contributed by atoms with Crippen LogP contribution in [0.15, 0.2) is 0 Å². The van der Waals surface area contributed by atoms with Crippen molar-refractivity contribution >= 4 is 27.9 Å². The van der Waals surface area contributed by atoms with Crippen LogP contribution >= 0.6 is 11.2 Å². The largest absolute Gasteiger partial charge is 0.573 e. The van der Waals surface area contributed by atoms with E-state index in [1.165, 1.54) is 0 Å². The highest BCUT2D eigenvalue weighted by molar-refractivity contribution is 8.26. The molecule has 0 bridgehead atoms. The summed E-state index contributed by atoms with van der Waals surface area (Å²) in [5.74, 6) is 0.746. The van der Waals surface area contributed by atoms with E-state index < -0.39 is 16.7 Å². The Morgan fingerprint density at radius 1 is 1.06 bits per heavy atom. The van der Waals surface area contributed by atoms with Crippen molar-refractivity contribution in [1.29, 1.82) is 0 Å². The predicted molar refractivity (Wildman–Crippen MR) is 75.1 cm³/mol. The molecular formula is C9H23NO5SSi2. The topological polar surface area (TPSA) is 49.4 Å². The third kappa shape index (κ3) is 3.35. The van der Waals surface area contributed by atoms with Crippen LogP contribution in [-0.2, 0) is 22.1 Å². The van der Waals surface area contributed by atoms with Crippen LogP contribution in [0.25, 0.3) is 0 Å². The third-order valence-corrected chi connectivity index (χ3v) is 12.3. The molecule has 0 radical (unpaired) electrons. The van der Waals surface area contributed by atoms with E-state index in [1.807, 2.05) is 0 Å². The Balaban J connectivity index is 2.61. The molecule has 0 aliphatic carbocycles. The van der Waals surface area contributed by atoms with Crippen LogP contribution in [-0.4, -0.2) is 69.2 Å². The van der Waals surface area contributed by atoms with Gasteiger partial charge in [-0.3, -0.25) is 4.57 Å². The Hall–Kier alpha value is 0.544. The normalized spacial score (nSPS) is 20.5. The van der Waals surface area contributed by atoms with Crippen molar-refractivity contribution in [2.75, 3.05) is 48.0 Å². The van der Waals surface area contributed by atoms with Gasteiger partial charge < -0.3 is 22.1 Å². The lowest BCUT2D eigenvalue weighted by Crippen LogP contribution is -2.54. The average Bonchev–Trinajstić information content (AvgIpc) is 2.84. The Morgan fingerprint density at radius 3 is 2.06 bits per heavy atom. The Bertz CT molecular complexity index is 245. The van der Waals surface area contributed by atoms with Gasteiger partial charge in [-0.05, 0) is 13.0 Å². The van der Waals surface area contributed by atoms with E-state index in [4.69, 9.17) is 22.1 Å². The first-order chi connectivity index (χ1) is 8.62. The number of rotatable bonds is 8. The van der Waals surface area contributed by atoms with E-state index in [9.17, 15) is 0 Å². The molecule has 0 amide bonds. The standard InChI is InChI=1S/C9H23NO5SSi2/c1-11-17(12-2)8-6-7-10(17)9-16-18(13-3,14-4)15-5/h6-9H2,1-5H3. The molecule has 0 N–H and O–H groups in total. The zero-order chi connectivity index (χ0) is 13.6. The molecule has 9 heteroatoms. The fourth-order valence-electron chi connectivity index (χ4n) is 2.11. The van der Waals surface area contributed by atoms with Crippen LogP contribution < -0.4 is 0 Å². The molecule has 1 aliphatic heterocycles. The lowest BCUT2D eigenvalue weighted by molar-refractivity contribution is 0.151. The fraction of sp³-hybridized carbons (Fsp3) is 1.00. The molecule has 1 saturated heterocycles. The highest BCUT2D eigenvalue weighted by atomic mass is 32.4. The molecule has 1 fully saturated rings. The Kier molecular flexibility index (Phi) is 6.79. The average molecular weight is 314 g/mol. The molecule has 6 nitrogen and oxygen atoms in total. The molecule has 1 heterocycles. The van der Waals surface area contributed by atoms with Crippen molar-refractivity contribution in [2.24, 2.45) is 0 Å². The van der Waals surface area contributed by atoms with Crippen molar-refractivity contribution in [3.63, 3.8) is 0 Å². The third-order valence-electron chi connectivity index (χ3n) is 3.19. The van der Waals surface area contributed by atoms with Crippen LogP contribution in [0.1, 0.15) is 6.42 Å². The van der Waals surface area contributed by atoms with E-state index in [0.29, 0.717) is 0 Å². The molecule has 0 spiro atoms. The maximum Gasteiger partial charge on any atom is 0.573 e. The van der Waals surface area contributed by atoms with Crippen molar-refractivity contribution in [3.8, 4) is 0 Å². The zero-order valence-corrected chi connectivity index (χ0v) is 14.5. The van der Waals surface area contributed by atoms with Gasteiger partial charge in [0, 0.05) is 47.5 Å². The minimum Gasteiger partial charge on any atom is -0.386 e. The second-order valence-electron chi connectivity index (χ2n) is 3.87. The molecule has 0 aromatic carbocycles. The monoisotopic (exact) mass is 313 g/mol. The van der Waals surface area contributed by atoms with Crippen LogP contribution in [0, 0.1) is 0 Å². The highest BCUT2D eigenvalue weighted by Crippen LogP contribution is 2.31. The Morgan fingerprint density at radius 2 is 1.61 bits per heavy atom. The van der Waals surface area contributed by atoms with Crippen LogP contribution in [0.3, 0.4) is 0 Å². The first kappa shape index (κ1) is 16.6. The van der Waals surface area contributed by atoms with Crippen molar-refractivity contribution in [1.82, 2.24) is 4.57 Å². The molecule has 1 rings (SSSR count). The van der Waals surface area contributed by atoms with Crippen molar-refractivity contribution < 1.29 is 22.1 Å². The smallest absolute Gasteiger partial charge is 0.386 e. The SMILES string of the molecule is CO[Si](OC)(OC)SCN1CCC[Si]1(OC)OC. The van der Waals surface area contributed by atoms with Crippen LogP contribution in [0.2, 0.25) is 6.04 Å². The van der Waals surface area contributed by atoms with Crippen molar-refractivity contribution in [2.45, 2.75) is 12.5 Å². The quantitative estimate of drug-likeness (QED) is 0.619. The van der Waals surface area contributed by atoms with Gasteiger partial charge >= 0.3 is 16.7 Å². The first-order valence-corrected chi connectivity index (χ1v) is 11.2.